The van der Waals surface area contributed by atoms with Crippen LogP contribution in [0.5, 0.6) is 6.01 Å². The molecular weight excluding hydrogens is 232 g/mol. The summed E-state index contributed by atoms with van der Waals surface area (Å²) in [6, 6.07) is 2.36. The first kappa shape index (κ1) is 14.0. The van der Waals surface area contributed by atoms with E-state index in [2.05, 4.69) is 31.7 Å². The molecule has 0 radical (unpaired) electrons. The van der Waals surface area contributed by atoms with Crippen molar-refractivity contribution in [1.82, 2.24) is 15.0 Å². The average molecular weight is 250 g/mol. The molecule has 0 atom stereocenters. The number of hydrogen-bond acceptors (Lipinski definition) is 7. The molecule has 18 heavy (non-hydrogen) atoms. The molecule has 0 aliphatic carbocycles. The zero-order chi connectivity index (χ0) is 13.6. The molecule has 0 unspecified atom stereocenters. The minimum Gasteiger partial charge on any atom is -0.464 e. The van der Waals surface area contributed by atoms with Crippen molar-refractivity contribution in [2.24, 2.45) is 0 Å². The second kappa shape index (κ2) is 6.00. The molecule has 0 aliphatic rings. The number of rotatable bonds is 6. The summed E-state index contributed by atoms with van der Waals surface area (Å²) < 4.78 is 5.26. The maximum atomic E-state index is 8.97. The highest BCUT2D eigenvalue weighted by atomic mass is 16.5. The molecule has 7 nitrogen and oxygen atoms in total. The van der Waals surface area contributed by atoms with E-state index < -0.39 is 5.54 Å². The van der Waals surface area contributed by atoms with E-state index in [9.17, 15) is 0 Å². The van der Waals surface area contributed by atoms with Crippen molar-refractivity contribution in [3.05, 3.63) is 0 Å². The monoisotopic (exact) mass is 250 g/mol. The Labute approximate surface area is 107 Å². The Morgan fingerprint density at radius 1 is 1.22 bits per heavy atom. The third-order valence-corrected chi connectivity index (χ3v) is 1.93. The largest absolute Gasteiger partial charge is 0.464 e. The van der Waals surface area contributed by atoms with E-state index in [4.69, 9.17) is 10.00 Å². The highest BCUT2D eigenvalue weighted by Gasteiger charge is 2.18. The Bertz CT molecular complexity index is 415. The molecule has 0 spiro atoms. The Hall–Kier alpha value is -2.10. The van der Waals surface area contributed by atoms with E-state index in [1.165, 1.54) is 0 Å². The quantitative estimate of drug-likeness (QED) is 0.788. The normalized spacial score (nSPS) is 10.6. The molecule has 0 fully saturated rings. The lowest BCUT2D eigenvalue weighted by molar-refractivity contribution is 0.312. The second-order valence-electron chi connectivity index (χ2n) is 4.09. The second-order valence-corrected chi connectivity index (χ2v) is 4.09. The summed E-state index contributed by atoms with van der Waals surface area (Å²) in [5.41, 5.74) is -0.756. The smallest absolute Gasteiger partial charge is 0.323 e. The number of aromatic nitrogens is 3. The van der Waals surface area contributed by atoms with Gasteiger partial charge >= 0.3 is 6.01 Å². The van der Waals surface area contributed by atoms with Gasteiger partial charge in [-0.25, -0.2) is 0 Å². The summed E-state index contributed by atoms with van der Waals surface area (Å²) >= 11 is 0. The Morgan fingerprint density at radius 3 is 2.44 bits per heavy atom. The van der Waals surface area contributed by atoms with Crippen molar-refractivity contribution in [2.75, 3.05) is 23.8 Å². The molecule has 0 amide bonds. The van der Waals surface area contributed by atoms with Crippen LogP contribution in [0, 0.1) is 11.3 Å². The van der Waals surface area contributed by atoms with E-state index in [-0.39, 0.29) is 6.01 Å². The predicted molar refractivity (Wildman–Crippen MR) is 68.5 cm³/mol. The predicted octanol–water partition coefficient (Wildman–Crippen LogP) is 1.42. The van der Waals surface area contributed by atoms with Crippen LogP contribution < -0.4 is 15.4 Å². The van der Waals surface area contributed by atoms with Gasteiger partial charge in [0.25, 0.3) is 0 Å². The van der Waals surface area contributed by atoms with Gasteiger partial charge < -0.3 is 15.4 Å². The van der Waals surface area contributed by atoms with Gasteiger partial charge in [-0.15, -0.1) is 0 Å². The summed E-state index contributed by atoms with van der Waals surface area (Å²) in [5.74, 6) is 0.739. The van der Waals surface area contributed by atoms with Gasteiger partial charge in [0.05, 0.1) is 12.7 Å². The minimum atomic E-state index is -0.756. The number of nitrogens with one attached hydrogen (secondary N) is 2. The maximum absolute atomic E-state index is 8.97. The number of ether oxygens (including phenoxy) is 1. The maximum Gasteiger partial charge on any atom is 0.323 e. The van der Waals surface area contributed by atoms with Crippen LogP contribution in [0.4, 0.5) is 11.9 Å². The standard InChI is InChI=1S/C11H18N6O/c1-5-13-8-14-9(17-11(3,4)7-12)16-10(15-8)18-6-2/h5-6H2,1-4H3,(H2,13,14,15,16,17). The van der Waals surface area contributed by atoms with Crippen LogP contribution in [0.25, 0.3) is 0 Å². The zero-order valence-corrected chi connectivity index (χ0v) is 11.1. The molecule has 1 heterocycles. The summed E-state index contributed by atoms with van der Waals surface area (Å²) in [6.07, 6.45) is 0. The topological polar surface area (TPSA) is 95.8 Å². The molecule has 1 aromatic heterocycles. The van der Waals surface area contributed by atoms with Crippen LogP contribution >= 0.6 is 0 Å². The fourth-order valence-electron chi connectivity index (χ4n) is 1.15. The van der Waals surface area contributed by atoms with Crippen molar-refractivity contribution in [3.63, 3.8) is 0 Å². The Balaban J connectivity index is 2.99. The number of anilines is 2. The zero-order valence-electron chi connectivity index (χ0n) is 11.1. The minimum absolute atomic E-state index is 0.236. The highest BCUT2D eigenvalue weighted by Crippen LogP contribution is 2.15. The lowest BCUT2D eigenvalue weighted by Crippen LogP contribution is -2.30. The number of nitrogens with zero attached hydrogens (tertiary/aromatic N) is 4. The van der Waals surface area contributed by atoms with Gasteiger partial charge in [0.15, 0.2) is 0 Å². The van der Waals surface area contributed by atoms with Gasteiger partial charge in [0, 0.05) is 6.54 Å². The Morgan fingerprint density at radius 2 is 1.89 bits per heavy atom. The molecular formula is C11H18N6O. The SMILES string of the molecule is CCNc1nc(NC(C)(C)C#N)nc(OCC)n1. The molecule has 1 aromatic rings. The molecule has 0 aliphatic heterocycles. The summed E-state index contributed by atoms with van der Waals surface area (Å²) in [7, 11) is 0. The third kappa shape index (κ3) is 4.05. The van der Waals surface area contributed by atoms with E-state index in [1.54, 1.807) is 13.8 Å². The number of hydrogen-bond donors (Lipinski definition) is 2. The van der Waals surface area contributed by atoms with Crippen molar-refractivity contribution >= 4 is 11.9 Å². The van der Waals surface area contributed by atoms with E-state index in [0.717, 1.165) is 0 Å². The van der Waals surface area contributed by atoms with Crippen molar-refractivity contribution in [3.8, 4) is 12.1 Å². The fraction of sp³-hybridized carbons (Fsp3) is 0.636. The number of nitriles is 1. The van der Waals surface area contributed by atoms with Crippen LogP contribution in [0.15, 0.2) is 0 Å². The molecule has 7 heteroatoms. The Kier molecular flexibility index (Phi) is 4.66. The van der Waals surface area contributed by atoms with Crippen LogP contribution in [0.3, 0.4) is 0 Å². The van der Waals surface area contributed by atoms with Gasteiger partial charge in [0.1, 0.15) is 5.54 Å². The van der Waals surface area contributed by atoms with Crippen molar-refractivity contribution < 1.29 is 4.74 Å². The average Bonchev–Trinajstić information content (AvgIpc) is 2.29. The lowest BCUT2D eigenvalue weighted by Gasteiger charge is -2.18. The van der Waals surface area contributed by atoms with Crippen LogP contribution in [-0.2, 0) is 0 Å². The van der Waals surface area contributed by atoms with E-state index in [0.29, 0.717) is 25.0 Å². The van der Waals surface area contributed by atoms with Crippen molar-refractivity contribution in [1.29, 1.82) is 5.26 Å². The molecule has 1 rings (SSSR count). The van der Waals surface area contributed by atoms with E-state index >= 15 is 0 Å². The van der Waals surface area contributed by atoms with Gasteiger partial charge in [-0.1, -0.05) is 0 Å². The summed E-state index contributed by atoms with van der Waals surface area (Å²) in [6.45, 7) is 8.43. The first-order valence-corrected chi connectivity index (χ1v) is 5.83. The molecule has 0 bridgehead atoms. The van der Waals surface area contributed by atoms with Crippen molar-refractivity contribution in [2.45, 2.75) is 33.2 Å². The molecule has 2 N–H and O–H groups in total. The first-order chi connectivity index (χ1) is 8.50. The van der Waals surface area contributed by atoms with Gasteiger partial charge in [0.2, 0.25) is 11.9 Å². The fourth-order valence-corrected chi connectivity index (χ4v) is 1.15. The van der Waals surface area contributed by atoms with Gasteiger partial charge in [-0.3, -0.25) is 0 Å². The van der Waals surface area contributed by atoms with Crippen LogP contribution in [-0.4, -0.2) is 33.6 Å². The van der Waals surface area contributed by atoms with Gasteiger partial charge in [-0.05, 0) is 27.7 Å². The first-order valence-electron chi connectivity index (χ1n) is 5.83. The highest BCUT2D eigenvalue weighted by molar-refractivity contribution is 5.39. The lowest BCUT2D eigenvalue weighted by atomic mass is 10.1. The molecule has 98 valence electrons. The summed E-state index contributed by atoms with van der Waals surface area (Å²) in [4.78, 5) is 12.3. The third-order valence-electron chi connectivity index (χ3n) is 1.93. The van der Waals surface area contributed by atoms with Crippen LogP contribution in [0.2, 0.25) is 0 Å². The van der Waals surface area contributed by atoms with Gasteiger partial charge in [-0.2, -0.15) is 20.2 Å². The molecule has 0 aromatic carbocycles. The molecule has 0 saturated heterocycles. The van der Waals surface area contributed by atoms with E-state index in [1.807, 2.05) is 13.8 Å². The summed E-state index contributed by atoms with van der Waals surface area (Å²) in [5, 5.41) is 14.9. The van der Waals surface area contributed by atoms with Crippen LogP contribution in [0.1, 0.15) is 27.7 Å². The molecule has 0 saturated carbocycles.